The van der Waals surface area contributed by atoms with Gasteiger partial charge in [0.2, 0.25) is 11.8 Å². The molecule has 0 saturated carbocycles. The number of hydrogen-bond donors (Lipinski definition) is 2. The zero-order valence-corrected chi connectivity index (χ0v) is 25.8. The van der Waals surface area contributed by atoms with Gasteiger partial charge in [-0.05, 0) is 70.0 Å². The Labute approximate surface area is 257 Å². The van der Waals surface area contributed by atoms with Gasteiger partial charge in [0.25, 0.3) is 5.91 Å². The molecule has 228 valence electrons. The van der Waals surface area contributed by atoms with Crippen molar-refractivity contribution in [2.24, 2.45) is 5.92 Å². The molecule has 0 spiro atoms. The van der Waals surface area contributed by atoms with E-state index in [1.54, 1.807) is 25.3 Å². The molecule has 3 saturated heterocycles. The molecule has 4 atom stereocenters. The van der Waals surface area contributed by atoms with E-state index >= 15 is 0 Å². The van der Waals surface area contributed by atoms with Crippen LogP contribution in [0.25, 0.3) is 21.3 Å². The zero-order chi connectivity index (χ0) is 29.9. The molecule has 1 aromatic heterocycles. The minimum Gasteiger partial charge on any atom is -0.368 e. The topological polar surface area (TPSA) is 104 Å². The molecule has 0 aliphatic carbocycles. The maximum atomic E-state index is 14.4. The number of likely N-dealkylation sites (N-methyl/N-ethyl adjacent to an activating group) is 1. The number of ether oxygens (including phenoxy) is 1. The summed E-state index contributed by atoms with van der Waals surface area (Å²) in [6, 6.07) is 15.3. The summed E-state index contributed by atoms with van der Waals surface area (Å²) in [5.41, 5.74) is 3.17. The van der Waals surface area contributed by atoms with Gasteiger partial charge in [-0.25, -0.2) is 4.98 Å². The molecular formula is C33H41N5O4S. The van der Waals surface area contributed by atoms with Gasteiger partial charge in [0, 0.05) is 31.8 Å². The molecule has 0 unspecified atom stereocenters. The van der Waals surface area contributed by atoms with E-state index in [-0.39, 0.29) is 35.8 Å². The molecule has 0 bridgehead atoms. The van der Waals surface area contributed by atoms with Gasteiger partial charge in [0.1, 0.15) is 17.2 Å². The maximum absolute atomic E-state index is 14.4. The molecule has 2 aromatic carbocycles. The number of thiazole rings is 1. The number of nitrogens with one attached hydrogen (secondary N) is 2. The number of aromatic nitrogens is 1. The summed E-state index contributed by atoms with van der Waals surface area (Å²) < 4.78 is 6.73. The van der Waals surface area contributed by atoms with Crippen molar-refractivity contribution in [2.45, 2.75) is 69.7 Å². The Balaban J connectivity index is 1.23. The molecule has 10 heteroatoms. The van der Waals surface area contributed by atoms with Crippen molar-refractivity contribution < 1.29 is 19.1 Å². The van der Waals surface area contributed by atoms with Crippen LogP contribution in [0.15, 0.2) is 48.5 Å². The fourth-order valence-corrected chi connectivity index (χ4v) is 7.79. The lowest BCUT2D eigenvalue weighted by Crippen LogP contribution is -2.57. The van der Waals surface area contributed by atoms with Crippen LogP contribution in [0.2, 0.25) is 0 Å². The van der Waals surface area contributed by atoms with Crippen LogP contribution in [0.5, 0.6) is 0 Å². The van der Waals surface area contributed by atoms with E-state index in [9.17, 15) is 14.4 Å². The molecule has 43 heavy (non-hydrogen) atoms. The predicted octanol–water partition coefficient (Wildman–Crippen LogP) is 4.14. The molecule has 3 amide bonds. The van der Waals surface area contributed by atoms with Gasteiger partial charge >= 0.3 is 0 Å². The Kier molecular flexibility index (Phi) is 9.06. The molecule has 2 N–H and O–H groups in total. The fourth-order valence-electron chi connectivity index (χ4n) is 6.64. The Morgan fingerprint density at radius 3 is 2.49 bits per heavy atom. The Hall–Kier alpha value is -3.34. The minimum atomic E-state index is -0.654. The van der Waals surface area contributed by atoms with Crippen molar-refractivity contribution >= 4 is 39.3 Å². The second-order valence-electron chi connectivity index (χ2n) is 11.9. The number of piperidine rings is 1. The third kappa shape index (κ3) is 6.18. The van der Waals surface area contributed by atoms with Crippen molar-refractivity contribution in [3.63, 3.8) is 0 Å². The number of likely N-dealkylation sites (tertiary alicyclic amines) is 2. The minimum absolute atomic E-state index is 0.0504. The van der Waals surface area contributed by atoms with Crippen molar-refractivity contribution in [2.75, 3.05) is 33.3 Å². The Morgan fingerprint density at radius 2 is 1.77 bits per heavy atom. The Morgan fingerprint density at radius 1 is 0.977 bits per heavy atom. The van der Waals surface area contributed by atoms with Gasteiger partial charge in [0.05, 0.1) is 22.3 Å². The lowest BCUT2D eigenvalue weighted by atomic mass is 9.87. The monoisotopic (exact) mass is 603 g/mol. The second kappa shape index (κ2) is 13.1. The highest BCUT2D eigenvalue weighted by molar-refractivity contribution is 7.18. The average molecular weight is 604 g/mol. The second-order valence-corrected chi connectivity index (χ2v) is 13.0. The first-order chi connectivity index (χ1) is 20.9. The normalized spacial score (nSPS) is 22.6. The number of rotatable bonds is 8. The molecule has 9 nitrogen and oxygen atoms in total. The van der Waals surface area contributed by atoms with Crippen molar-refractivity contribution in [3.05, 3.63) is 53.5 Å². The maximum Gasteiger partial charge on any atom is 0.251 e. The highest BCUT2D eigenvalue weighted by Gasteiger charge is 2.42. The van der Waals surface area contributed by atoms with E-state index in [1.165, 1.54) is 0 Å². The van der Waals surface area contributed by atoms with E-state index in [0.717, 1.165) is 52.0 Å². The molecule has 3 aliphatic rings. The number of nitrogens with zero attached hydrogens (tertiary/aromatic N) is 3. The van der Waals surface area contributed by atoms with Crippen LogP contribution in [-0.4, -0.2) is 84.0 Å². The Bertz CT molecular complexity index is 1450. The zero-order valence-electron chi connectivity index (χ0n) is 25.0. The standard InChI is InChI=1S/C33H41N5O4S/c1-21(34-2)30(39)35-28(23-15-18-37(19-16-23)32(40)26-13-8-20-42-26)33(41)38-17-7-12-25(38)31-36-29-24(11-6-14-27(29)43-31)22-9-4-3-5-10-22/h3-6,9-11,14,21,23,25-26,28,34H,7-8,12-13,15-20H2,1-2H3,(H,35,39)/t21-,25-,26-,28-/m0/s1. The highest BCUT2D eigenvalue weighted by atomic mass is 32.1. The van der Waals surface area contributed by atoms with Crippen molar-refractivity contribution in [1.29, 1.82) is 0 Å². The molecule has 3 fully saturated rings. The lowest BCUT2D eigenvalue weighted by molar-refractivity contribution is -0.144. The molecule has 3 aliphatic heterocycles. The van der Waals surface area contributed by atoms with E-state index < -0.39 is 12.1 Å². The average Bonchev–Trinajstić information content (AvgIpc) is 3.84. The van der Waals surface area contributed by atoms with Crippen LogP contribution in [0.4, 0.5) is 0 Å². The largest absolute Gasteiger partial charge is 0.368 e. The number of benzene rings is 2. The van der Waals surface area contributed by atoms with Crippen LogP contribution in [0.3, 0.4) is 0 Å². The van der Waals surface area contributed by atoms with Gasteiger partial charge in [-0.3, -0.25) is 14.4 Å². The van der Waals surface area contributed by atoms with E-state index in [0.29, 0.717) is 39.1 Å². The predicted molar refractivity (Wildman–Crippen MR) is 167 cm³/mol. The molecule has 3 aromatic rings. The van der Waals surface area contributed by atoms with E-state index in [1.807, 2.05) is 28.0 Å². The van der Waals surface area contributed by atoms with Gasteiger partial charge in [-0.15, -0.1) is 11.3 Å². The highest BCUT2D eigenvalue weighted by Crippen LogP contribution is 2.40. The van der Waals surface area contributed by atoms with Gasteiger partial charge in [0.15, 0.2) is 0 Å². The third-order valence-corrected chi connectivity index (χ3v) is 10.4. The first kappa shape index (κ1) is 29.7. The number of para-hydroxylation sites is 1. The van der Waals surface area contributed by atoms with Crippen LogP contribution >= 0.6 is 11.3 Å². The van der Waals surface area contributed by atoms with Gasteiger partial charge < -0.3 is 25.2 Å². The third-order valence-electron chi connectivity index (χ3n) is 9.26. The number of carbonyl (C=O) groups is 3. The fraction of sp³-hybridized carbons (Fsp3) is 0.515. The smallest absolute Gasteiger partial charge is 0.251 e. The summed E-state index contributed by atoms with van der Waals surface area (Å²) in [5.74, 6) is -0.250. The molecule has 6 rings (SSSR count). The lowest BCUT2D eigenvalue weighted by Gasteiger charge is -2.38. The van der Waals surface area contributed by atoms with E-state index in [4.69, 9.17) is 9.72 Å². The first-order valence-electron chi connectivity index (χ1n) is 15.6. The van der Waals surface area contributed by atoms with Crippen molar-refractivity contribution in [3.8, 4) is 11.1 Å². The number of amides is 3. The molecule has 0 radical (unpaired) electrons. The summed E-state index contributed by atoms with van der Waals surface area (Å²) in [5, 5.41) is 7.04. The first-order valence-corrected chi connectivity index (χ1v) is 16.4. The van der Waals surface area contributed by atoms with Crippen LogP contribution in [-0.2, 0) is 19.1 Å². The van der Waals surface area contributed by atoms with Crippen LogP contribution in [0.1, 0.15) is 56.5 Å². The van der Waals surface area contributed by atoms with Crippen LogP contribution in [0, 0.1) is 5.92 Å². The molecular weight excluding hydrogens is 562 g/mol. The quantitative estimate of drug-likeness (QED) is 0.401. The SMILES string of the molecule is CN[C@@H](C)C(=O)N[C@H](C(=O)N1CCC[C@H]1c1nc2c(-c3ccccc3)cccc2s1)C1CCN(C(=O)[C@@H]2CCCO2)CC1. The summed E-state index contributed by atoms with van der Waals surface area (Å²) in [4.78, 5) is 49.4. The summed E-state index contributed by atoms with van der Waals surface area (Å²) >= 11 is 1.65. The number of hydrogen-bond acceptors (Lipinski definition) is 7. The van der Waals surface area contributed by atoms with E-state index in [2.05, 4.69) is 41.0 Å². The summed E-state index contributed by atoms with van der Waals surface area (Å²) in [6.45, 7) is 4.19. The molecule has 4 heterocycles. The van der Waals surface area contributed by atoms with Crippen molar-refractivity contribution in [1.82, 2.24) is 25.4 Å². The van der Waals surface area contributed by atoms with Gasteiger partial charge in [-0.2, -0.15) is 0 Å². The van der Waals surface area contributed by atoms with Gasteiger partial charge in [-0.1, -0.05) is 42.5 Å². The number of fused-ring (bicyclic) bond motifs is 1. The number of carbonyl (C=O) groups excluding carboxylic acids is 3. The summed E-state index contributed by atoms with van der Waals surface area (Å²) in [7, 11) is 1.74. The van der Waals surface area contributed by atoms with Crippen LogP contribution < -0.4 is 10.6 Å². The summed E-state index contributed by atoms with van der Waals surface area (Å²) in [6.07, 6.45) is 4.39.